The van der Waals surface area contributed by atoms with Crippen LogP contribution in [0.5, 0.6) is 11.5 Å². The number of halogens is 2. The molecule has 0 bridgehead atoms. The maximum absolute atomic E-state index is 12.2. The summed E-state index contributed by atoms with van der Waals surface area (Å²) in [5.41, 5.74) is 0.434. The molecule has 0 saturated carbocycles. The normalized spacial score (nSPS) is 13.5. The van der Waals surface area contributed by atoms with Crippen LogP contribution >= 0.6 is 45.2 Å². The van der Waals surface area contributed by atoms with Gasteiger partial charge in [-0.25, -0.2) is 9.59 Å². The highest BCUT2D eigenvalue weighted by atomic mass is 127. The first-order valence-corrected chi connectivity index (χ1v) is 7.74. The van der Waals surface area contributed by atoms with E-state index in [-0.39, 0.29) is 22.6 Å². The molecule has 0 aromatic heterocycles. The summed E-state index contributed by atoms with van der Waals surface area (Å²) in [6.07, 6.45) is 0. The summed E-state index contributed by atoms with van der Waals surface area (Å²) >= 11 is 4.20. The fourth-order valence-corrected chi connectivity index (χ4v) is 2.75. The molecule has 100 valence electrons. The zero-order valence-electron chi connectivity index (χ0n) is 9.85. The molecule has 3 rings (SSSR count). The number of hydrogen-bond donors (Lipinski definition) is 0. The molecule has 6 heteroatoms. The molecule has 0 N–H and O–H groups in total. The lowest BCUT2D eigenvalue weighted by Crippen LogP contribution is -2.21. The van der Waals surface area contributed by atoms with Gasteiger partial charge < -0.3 is 9.47 Å². The van der Waals surface area contributed by atoms with Crippen LogP contribution in [0.1, 0.15) is 20.7 Å². The number of benzene rings is 2. The Kier molecular flexibility index (Phi) is 3.67. The first kappa shape index (κ1) is 13.8. The average molecular weight is 492 g/mol. The fraction of sp³-hybridized carbons (Fsp3) is 0. The molecule has 0 saturated heterocycles. The van der Waals surface area contributed by atoms with Crippen molar-refractivity contribution in [1.82, 2.24) is 0 Å². The van der Waals surface area contributed by atoms with Gasteiger partial charge in [-0.3, -0.25) is 0 Å². The van der Waals surface area contributed by atoms with Gasteiger partial charge in [0, 0.05) is 7.14 Å². The monoisotopic (exact) mass is 492 g/mol. The van der Waals surface area contributed by atoms with E-state index >= 15 is 0 Å². The van der Waals surface area contributed by atoms with Crippen LogP contribution in [0.4, 0.5) is 0 Å². The second kappa shape index (κ2) is 5.32. The molecule has 1 heterocycles. The number of fused-ring (bicyclic) bond motifs is 2. The molecular weight excluding hydrogens is 486 g/mol. The third-order valence-electron chi connectivity index (χ3n) is 2.75. The van der Waals surface area contributed by atoms with Crippen LogP contribution in [-0.4, -0.2) is 11.9 Å². The van der Waals surface area contributed by atoms with Crippen LogP contribution in [0.3, 0.4) is 0 Å². The van der Waals surface area contributed by atoms with Gasteiger partial charge in [-0.2, -0.15) is 0 Å². The van der Waals surface area contributed by atoms with Crippen LogP contribution in [0, 0.1) is 7.14 Å². The maximum atomic E-state index is 12.2. The largest absolute Gasteiger partial charge is 0.419 e. The molecule has 4 nitrogen and oxygen atoms in total. The number of esters is 2. The molecule has 0 aliphatic carbocycles. The zero-order valence-corrected chi connectivity index (χ0v) is 14.2. The summed E-state index contributed by atoms with van der Waals surface area (Å²) in [5.74, 6) is -0.632. The molecule has 20 heavy (non-hydrogen) atoms. The van der Waals surface area contributed by atoms with Crippen molar-refractivity contribution < 1.29 is 19.1 Å². The van der Waals surface area contributed by atoms with E-state index in [1.807, 2.05) is 0 Å². The molecule has 0 atom stereocenters. The minimum atomic E-state index is -0.557. The lowest BCUT2D eigenvalue weighted by molar-refractivity contribution is 0.0648. The van der Waals surface area contributed by atoms with Gasteiger partial charge in [-0.1, -0.05) is 12.1 Å². The quantitative estimate of drug-likeness (QED) is 0.321. The van der Waals surface area contributed by atoms with Gasteiger partial charge in [-0.15, -0.1) is 0 Å². The highest BCUT2D eigenvalue weighted by Gasteiger charge is 2.26. The van der Waals surface area contributed by atoms with Crippen molar-refractivity contribution in [2.24, 2.45) is 0 Å². The number of carbonyl (C=O) groups is 2. The predicted molar refractivity (Wildman–Crippen MR) is 88.2 cm³/mol. The lowest BCUT2D eigenvalue weighted by atomic mass is 10.1. The SMILES string of the molecule is O=C1Oc2ccccc2OC(=O)c2cc(I)c(I)cc21. The number of para-hydroxylation sites is 2. The van der Waals surface area contributed by atoms with Gasteiger partial charge in [0.25, 0.3) is 0 Å². The van der Waals surface area contributed by atoms with Crippen LogP contribution in [0.2, 0.25) is 0 Å². The molecular formula is C14H6I2O4. The van der Waals surface area contributed by atoms with E-state index in [9.17, 15) is 9.59 Å². The van der Waals surface area contributed by atoms with Crippen molar-refractivity contribution in [3.63, 3.8) is 0 Å². The Morgan fingerprint density at radius 2 is 1.15 bits per heavy atom. The van der Waals surface area contributed by atoms with Crippen molar-refractivity contribution in [3.05, 3.63) is 54.7 Å². The Morgan fingerprint density at radius 3 is 1.55 bits per heavy atom. The smallest absolute Gasteiger partial charge is 0.344 e. The molecule has 0 amide bonds. The Morgan fingerprint density at radius 1 is 0.750 bits per heavy atom. The molecule has 2 aromatic carbocycles. The number of hydrogen-bond acceptors (Lipinski definition) is 4. The van der Waals surface area contributed by atoms with Gasteiger partial charge in [0.1, 0.15) is 0 Å². The summed E-state index contributed by atoms with van der Waals surface area (Å²) in [5, 5.41) is 0. The van der Waals surface area contributed by atoms with Crippen molar-refractivity contribution in [2.45, 2.75) is 0 Å². The minimum Gasteiger partial charge on any atom is -0.419 e. The third kappa shape index (κ3) is 2.41. The van der Waals surface area contributed by atoms with Crippen molar-refractivity contribution >= 4 is 57.1 Å². The van der Waals surface area contributed by atoms with Gasteiger partial charge in [0.15, 0.2) is 11.5 Å². The average Bonchev–Trinajstić information content (AvgIpc) is 2.42. The van der Waals surface area contributed by atoms with E-state index < -0.39 is 11.9 Å². The van der Waals surface area contributed by atoms with Gasteiger partial charge >= 0.3 is 11.9 Å². The lowest BCUT2D eigenvalue weighted by Gasteiger charge is -2.16. The number of rotatable bonds is 0. The summed E-state index contributed by atoms with van der Waals surface area (Å²) in [6.45, 7) is 0. The van der Waals surface area contributed by atoms with E-state index in [1.165, 1.54) is 0 Å². The van der Waals surface area contributed by atoms with Gasteiger partial charge in [-0.05, 0) is 69.4 Å². The van der Waals surface area contributed by atoms with Crippen LogP contribution < -0.4 is 9.47 Å². The standard InChI is InChI=1S/C14H6I2O4/c15-9-5-7-8(6-10(9)16)14(18)20-12-4-2-1-3-11(12)19-13(7)17/h1-6H. The summed E-state index contributed by atoms with van der Waals surface area (Å²) < 4.78 is 12.3. The van der Waals surface area contributed by atoms with Gasteiger partial charge in [0.05, 0.1) is 11.1 Å². The first-order chi connectivity index (χ1) is 9.56. The summed E-state index contributed by atoms with van der Waals surface area (Å²) in [7, 11) is 0. The van der Waals surface area contributed by atoms with Crippen molar-refractivity contribution in [1.29, 1.82) is 0 Å². The van der Waals surface area contributed by atoms with E-state index in [0.717, 1.165) is 7.14 Å². The van der Waals surface area contributed by atoms with E-state index in [4.69, 9.17) is 9.47 Å². The van der Waals surface area contributed by atoms with E-state index in [2.05, 4.69) is 45.2 Å². The summed E-state index contributed by atoms with van der Waals surface area (Å²) in [4.78, 5) is 24.4. The fourth-order valence-electron chi connectivity index (χ4n) is 1.81. The molecule has 2 aromatic rings. The minimum absolute atomic E-state index is 0.217. The molecule has 0 radical (unpaired) electrons. The number of carbonyl (C=O) groups excluding carboxylic acids is 2. The molecule has 1 aliphatic heterocycles. The highest BCUT2D eigenvalue weighted by Crippen LogP contribution is 2.32. The van der Waals surface area contributed by atoms with Crippen LogP contribution in [0.15, 0.2) is 36.4 Å². The molecule has 1 aliphatic rings. The Bertz CT molecular complexity index is 678. The van der Waals surface area contributed by atoms with Crippen molar-refractivity contribution in [2.75, 3.05) is 0 Å². The summed E-state index contributed by atoms with van der Waals surface area (Å²) in [6, 6.07) is 9.86. The van der Waals surface area contributed by atoms with E-state index in [1.54, 1.807) is 36.4 Å². The molecule has 0 unspecified atom stereocenters. The van der Waals surface area contributed by atoms with Crippen LogP contribution in [0.25, 0.3) is 0 Å². The molecule has 0 spiro atoms. The Balaban J connectivity index is 2.18. The highest BCUT2D eigenvalue weighted by molar-refractivity contribution is 14.1. The third-order valence-corrected chi connectivity index (χ3v) is 5.57. The Hall–Kier alpha value is -1.16. The predicted octanol–water partition coefficient (Wildman–Crippen LogP) is 3.65. The second-order valence-corrected chi connectivity index (χ2v) is 6.36. The zero-order chi connectivity index (χ0) is 14.3. The Labute approximate surface area is 141 Å². The topological polar surface area (TPSA) is 52.6 Å². The maximum Gasteiger partial charge on any atom is 0.344 e. The number of ether oxygens (including phenoxy) is 2. The second-order valence-electron chi connectivity index (χ2n) is 4.04. The van der Waals surface area contributed by atoms with Gasteiger partial charge in [0.2, 0.25) is 0 Å². The van der Waals surface area contributed by atoms with E-state index in [0.29, 0.717) is 0 Å². The van der Waals surface area contributed by atoms with Crippen molar-refractivity contribution in [3.8, 4) is 11.5 Å². The first-order valence-electron chi connectivity index (χ1n) is 5.58. The molecule has 0 fully saturated rings. The van der Waals surface area contributed by atoms with Crippen LogP contribution in [-0.2, 0) is 0 Å².